The Labute approximate surface area is 730 Å². The molecule has 0 aromatic rings. The van der Waals surface area contributed by atoms with Crippen LogP contribution in [0.15, 0.2) is 0 Å². The number of rotatable bonds is 63. The number of carboxylic acid groups (broad SMARTS) is 6. The van der Waals surface area contributed by atoms with Crippen LogP contribution >= 0.6 is 0 Å². The molecule has 0 spiro atoms. The molecule has 0 aliphatic heterocycles. The minimum Gasteiger partial charge on any atom is -0.481 e. The third kappa shape index (κ3) is 70.9. The molecule has 0 heterocycles. The predicted molar refractivity (Wildman–Crippen MR) is 446 cm³/mol. The number of amides is 10. The van der Waals surface area contributed by atoms with Gasteiger partial charge in [-0.05, 0) is 173 Å². The van der Waals surface area contributed by atoms with Gasteiger partial charge in [-0.25, -0.2) is 38.4 Å². The van der Waals surface area contributed by atoms with Gasteiger partial charge in [0, 0.05) is 83.8 Å². The van der Waals surface area contributed by atoms with Gasteiger partial charge in [0.05, 0.1) is 26.4 Å². The van der Waals surface area contributed by atoms with Crippen LogP contribution in [0.25, 0.3) is 0 Å². The summed E-state index contributed by atoms with van der Waals surface area (Å²) >= 11 is 0. The van der Waals surface area contributed by atoms with Crippen molar-refractivity contribution in [3.63, 3.8) is 0 Å². The van der Waals surface area contributed by atoms with Crippen molar-refractivity contribution in [2.75, 3.05) is 46.1 Å². The van der Waals surface area contributed by atoms with Crippen molar-refractivity contribution in [1.82, 2.24) is 53.2 Å². The van der Waals surface area contributed by atoms with Gasteiger partial charge in [-0.1, -0.05) is 57.8 Å². The number of carbonyl (C=O) groups excluding carboxylic acids is 14. The molecule has 0 saturated carbocycles. The van der Waals surface area contributed by atoms with Crippen molar-refractivity contribution in [2.45, 2.75) is 355 Å². The number of aliphatic carboxylic acids is 6. The number of alkyl carbamates (subject to hydrolysis) is 3. The maximum Gasteiger partial charge on any atom is 0.407 e. The Kier molecular flexibility index (Phi) is 64.3. The number of carbonyl (C=O) groups is 20. The van der Waals surface area contributed by atoms with Crippen LogP contribution in [0.1, 0.15) is 295 Å². The summed E-state index contributed by atoms with van der Waals surface area (Å²) in [7, 11) is 0. The molecule has 0 rings (SSSR count). The van der Waals surface area contributed by atoms with Gasteiger partial charge in [0.2, 0.25) is 41.4 Å². The van der Waals surface area contributed by atoms with Crippen LogP contribution in [0, 0.1) is 0 Å². The minimum atomic E-state index is -1.58. The summed E-state index contributed by atoms with van der Waals surface area (Å²) in [5.41, 5.74) is -1.69. The minimum absolute atomic E-state index is 0.00375. The Balaban J connectivity index is -0.00000188. The van der Waals surface area contributed by atoms with Gasteiger partial charge < -0.3 is 117 Å². The fourth-order valence-corrected chi connectivity index (χ4v) is 10.9. The van der Waals surface area contributed by atoms with E-state index in [9.17, 15) is 106 Å². The Morgan fingerprint density at radius 3 is 0.728 bits per heavy atom. The summed E-state index contributed by atoms with van der Waals surface area (Å²) in [6.07, 6.45) is 5.52. The Hall–Kier alpha value is -11.2. The summed E-state index contributed by atoms with van der Waals surface area (Å²) in [6, 6.07) is -9.33. The molecule has 0 saturated heterocycles. The van der Waals surface area contributed by atoms with Crippen molar-refractivity contribution in [3.8, 4) is 0 Å². The lowest BCUT2D eigenvalue weighted by molar-refractivity contribution is -0.149. The molecule has 125 heavy (non-hydrogen) atoms. The molecule has 0 aliphatic rings. The number of ether oxygens (including phenoxy) is 7. The first-order chi connectivity index (χ1) is 58.5. The first-order valence-corrected chi connectivity index (χ1v) is 42.4. The number of unbranched alkanes of at least 4 members (excludes halogenated alkanes) is 12. The van der Waals surface area contributed by atoms with E-state index in [0.29, 0.717) is 58.2 Å². The zero-order chi connectivity index (χ0) is 95.7. The van der Waals surface area contributed by atoms with E-state index in [2.05, 4.69) is 53.2 Å². The third-order valence-corrected chi connectivity index (χ3v) is 16.9. The smallest absolute Gasteiger partial charge is 0.407 e. The summed E-state index contributed by atoms with van der Waals surface area (Å²) < 4.78 is 35.4. The number of carboxylic acids is 6. The van der Waals surface area contributed by atoms with E-state index in [4.69, 9.17) is 53.6 Å². The zero-order valence-electron chi connectivity index (χ0n) is 74.8. The van der Waals surface area contributed by atoms with Gasteiger partial charge in [-0.3, -0.25) is 57.5 Å². The lowest BCUT2D eigenvalue weighted by Crippen LogP contribution is -2.52. The average molecular weight is 1790 g/mol. The average Bonchev–Trinajstić information content (AvgIpc) is 0.882. The second kappa shape index (κ2) is 68.2. The summed E-state index contributed by atoms with van der Waals surface area (Å²) in [5.74, 6) is -15.2. The molecule has 0 bridgehead atoms. The molecule has 43 nitrogen and oxygen atoms in total. The largest absolute Gasteiger partial charge is 0.481 e. The second-order valence-corrected chi connectivity index (χ2v) is 31.6. The van der Waals surface area contributed by atoms with Crippen LogP contribution < -0.4 is 53.2 Å². The van der Waals surface area contributed by atoms with Gasteiger partial charge in [-0.2, -0.15) is 0 Å². The molecular formula is C82H140N10O33. The van der Waals surface area contributed by atoms with E-state index >= 15 is 0 Å². The number of esters is 4. The van der Waals surface area contributed by atoms with Gasteiger partial charge in [0.1, 0.15) is 59.1 Å². The van der Waals surface area contributed by atoms with Crippen molar-refractivity contribution in [1.29, 1.82) is 0 Å². The molecule has 43 heteroatoms. The maximum absolute atomic E-state index is 13.5. The standard InChI is InChI=1S/C36H62N4O13.C28H46N4O13.C18H32N2O7/c1-8-49-30(43)22-19-26(33(46)51-10-3)39-29(42)21-18-25(32(45)40-27(34(47)52-11-4)20-23-31(44)50-9-2)38-28(41)17-15-13-12-14-16-24-37-35(48)53-36(5,6)7;1-28(2,3)45-27(44)29-16-8-6-4-5-7-9-20(33)30-17(24(39)32-19(26(42)43)12-15-23(37)38)10-13-21(34)31-18(25(40)41)11-14-22(35)36;1-18(2,3)27-17(26)19-12-8-6-4-5-7-9-14(21)20-13(16(24)25)10-11-15(22)23/h25-27H,8-24H2,1-7H3,(H,37,48)(H,38,41)(H,39,42)(H,40,45);17-19H,4-16H2,1-3H3,(H,29,44)(H,30,33)(H,31,34)(H,32,39)(H,35,36)(H,37,38)(H,40,41)(H,42,43);13H,4-12H2,1-3H3,(H,19,26)(H,20,21)(H,22,23)(H,24,25). The fraction of sp³-hybridized carbons (Fsp3) is 0.756. The van der Waals surface area contributed by atoms with Crippen LogP contribution in [-0.4, -0.2) is 255 Å². The van der Waals surface area contributed by atoms with Crippen LogP contribution in [0.4, 0.5) is 14.4 Å². The van der Waals surface area contributed by atoms with Crippen LogP contribution in [0.3, 0.4) is 0 Å². The molecule has 7 unspecified atom stereocenters. The quantitative estimate of drug-likeness (QED) is 0.0184. The zero-order valence-corrected chi connectivity index (χ0v) is 74.8. The maximum atomic E-state index is 13.5. The van der Waals surface area contributed by atoms with Crippen molar-refractivity contribution in [3.05, 3.63) is 0 Å². The molecule has 7 atom stereocenters. The van der Waals surface area contributed by atoms with Gasteiger partial charge >= 0.3 is 78.0 Å². The number of hydrogen-bond donors (Lipinski definition) is 16. The first kappa shape index (κ1) is 118. The SMILES string of the molecule is CC(C)(C)OC(=O)NCCCCCCCC(=O)NC(CCC(=O)NC(CCC(=O)O)C(=O)O)C(=O)NC(CCC(=O)O)C(=O)O.CC(C)(C)OC(=O)NCCCCCCCC(=O)NC(CCC(=O)O)C(=O)O.CCOC(=O)CCC(NC(=O)CCC(NC(=O)CCCCCCCNC(=O)OC(C)(C)C)C(=O)NC(CCC(=O)OCC)C(=O)OCC)C(=O)OCC. The normalized spacial score (nSPS) is 12.6. The van der Waals surface area contributed by atoms with Crippen molar-refractivity contribution in [2.24, 2.45) is 0 Å². The number of hydrogen-bond acceptors (Lipinski definition) is 27. The number of nitrogens with one attached hydrogen (secondary N) is 10. The fourth-order valence-electron chi connectivity index (χ4n) is 10.9. The van der Waals surface area contributed by atoms with Crippen molar-refractivity contribution >= 4 is 119 Å². The molecule has 0 aromatic carbocycles. The van der Waals surface area contributed by atoms with Gasteiger partial charge in [-0.15, -0.1) is 0 Å². The van der Waals surface area contributed by atoms with E-state index in [1.807, 2.05) is 0 Å². The highest BCUT2D eigenvalue weighted by Gasteiger charge is 2.33. The van der Waals surface area contributed by atoms with E-state index in [0.717, 1.165) is 57.8 Å². The molecule has 716 valence electrons. The molecule has 0 aliphatic carbocycles. The highest BCUT2D eigenvalue weighted by Crippen LogP contribution is 2.16. The summed E-state index contributed by atoms with van der Waals surface area (Å²) in [5, 5.41) is 78.6. The van der Waals surface area contributed by atoms with E-state index in [1.54, 1.807) is 90.0 Å². The third-order valence-electron chi connectivity index (χ3n) is 16.9. The summed E-state index contributed by atoms with van der Waals surface area (Å²) in [6.45, 7) is 24.2. The lowest BCUT2D eigenvalue weighted by Gasteiger charge is -2.23. The predicted octanol–water partition coefficient (Wildman–Crippen LogP) is 6.17. The van der Waals surface area contributed by atoms with E-state index in [-0.39, 0.29) is 116 Å². The Bertz CT molecular complexity index is 3370. The van der Waals surface area contributed by atoms with E-state index in [1.165, 1.54) is 0 Å². The molecule has 0 aromatic heterocycles. The summed E-state index contributed by atoms with van der Waals surface area (Å²) in [4.78, 5) is 239. The van der Waals surface area contributed by atoms with E-state index < -0.39 is 198 Å². The van der Waals surface area contributed by atoms with Crippen molar-refractivity contribution < 1.29 is 160 Å². The molecular weight excluding hydrogens is 1650 g/mol. The van der Waals surface area contributed by atoms with Gasteiger partial charge in [0.25, 0.3) is 0 Å². The first-order valence-electron chi connectivity index (χ1n) is 42.4. The van der Waals surface area contributed by atoms with Gasteiger partial charge in [0.15, 0.2) is 0 Å². The highest BCUT2D eigenvalue weighted by atomic mass is 16.6. The topological polar surface area (TPSA) is 648 Å². The molecule has 10 amide bonds. The van der Waals surface area contributed by atoms with Crippen LogP contribution in [0.5, 0.6) is 0 Å². The highest BCUT2D eigenvalue weighted by molar-refractivity contribution is 5.93. The molecule has 0 radical (unpaired) electrons. The van der Waals surface area contributed by atoms with Crippen LogP contribution in [0.2, 0.25) is 0 Å². The molecule has 16 N–H and O–H groups in total. The monoisotopic (exact) mass is 1790 g/mol. The lowest BCUT2D eigenvalue weighted by atomic mass is 10.1. The van der Waals surface area contributed by atoms with Crippen LogP contribution in [-0.2, 0) is 115 Å². The molecule has 0 fully saturated rings. The Morgan fingerprint density at radius 1 is 0.248 bits per heavy atom. The second-order valence-electron chi connectivity index (χ2n) is 31.6. The Morgan fingerprint density at radius 2 is 0.464 bits per heavy atom.